The number of ether oxygens (including phenoxy) is 2. The van der Waals surface area contributed by atoms with Gasteiger partial charge in [-0.2, -0.15) is 5.10 Å². The van der Waals surface area contributed by atoms with Gasteiger partial charge in [0.2, 0.25) is 0 Å². The Morgan fingerprint density at radius 3 is 2.62 bits per heavy atom. The molecular formula is C15H19N3O3. The minimum Gasteiger partial charge on any atom is -0.497 e. The van der Waals surface area contributed by atoms with Crippen molar-refractivity contribution in [1.29, 1.82) is 0 Å². The normalized spacial score (nSPS) is 10.4. The number of hydrogen-bond donors (Lipinski definition) is 1. The van der Waals surface area contributed by atoms with Crippen LogP contribution in [-0.4, -0.2) is 43.1 Å². The monoisotopic (exact) mass is 289 g/mol. The second-order valence-corrected chi connectivity index (χ2v) is 4.52. The number of rotatable bonds is 6. The van der Waals surface area contributed by atoms with E-state index in [9.17, 15) is 4.79 Å². The molecule has 1 aromatic heterocycles. The Balaban J connectivity index is 2.15. The van der Waals surface area contributed by atoms with E-state index in [4.69, 9.17) is 9.47 Å². The number of hydrogen-bond acceptors (Lipinski definition) is 4. The van der Waals surface area contributed by atoms with Crippen molar-refractivity contribution in [2.75, 3.05) is 27.4 Å². The molecule has 0 aliphatic rings. The van der Waals surface area contributed by atoms with Crippen LogP contribution in [0.25, 0.3) is 11.3 Å². The average Bonchev–Trinajstić information content (AvgIpc) is 2.89. The molecule has 21 heavy (non-hydrogen) atoms. The first-order valence-electron chi connectivity index (χ1n) is 6.61. The number of benzene rings is 1. The Hall–Kier alpha value is -2.34. The van der Waals surface area contributed by atoms with Gasteiger partial charge in [-0.05, 0) is 30.3 Å². The highest BCUT2D eigenvalue weighted by Crippen LogP contribution is 2.21. The van der Waals surface area contributed by atoms with Crippen molar-refractivity contribution in [3.8, 4) is 17.0 Å². The largest absolute Gasteiger partial charge is 0.497 e. The third-order valence-electron chi connectivity index (χ3n) is 3.09. The van der Waals surface area contributed by atoms with Crippen molar-refractivity contribution >= 4 is 5.91 Å². The van der Waals surface area contributed by atoms with Crippen LogP contribution in [0.5, 0.6) is 5.75 Å². The molecule has 0 aliphatic heterocycles. The number of aryl methyl sites for hydroxylation is 1. The summed E-state index contributed by atoms with van der Waals surface area (Å²) in [7, 11) is 4.97. The maximum Gasteiger partial charge on any atom is 0.269 e. The highest BCUT2D eigenvalue weighted by molar-refractivity contribution is 5.93. The second kappa shape index (κ2) is 6.90. The van der Waals surface area contributed by atoms with Crippen LogP contribution in [0.1, 0.15) is 10.5 Å². The van der Waals surface area contributed by atoms with Gasteiger partial charge < -0.3 is 14.8 Å². The first-order valence-corrected chi connectivity index (χ1v) is 6.61. The van der Waals surface area contributed by atoms with Gasteiger partial charge in [0.25, 0.3) is 5.91 Å². The molecule has 2 rings (SSSR count). The molecule has 0 atom stereocenters. The average molecular weight is 289 g/mol. The summed E-state index contributed by atoms with van der Waals surface area (Å²) in [6, 6.07) is 9.32. The number of carbonyl (C=O) groups excluding carboxylic acids is 1. The molecule has 2 aromatic rings. The van der Waals surface area contributed by atoms with Gasteiger partial charge in [-0.3, -0.25) is 9.48 Å². The molecule has 1 amide bonds. The molecule has 6 heteroatoms. The molecule has 0 aliphatic carbocycles. The van der Waals surface area contributed by atoms with E-state index in [-0.39, 0.29) is 5.91 Å². The second-order valence-electron chi connectivity index (χ2n) is 4.52. The third kappa shape index (κ3) is 3.61. The highest BCUT2D eigenvalue weighted by atomic mass is 16.5. The number of nitrogens with one attached hydrogen (secondary N) is 1. The molecule has 0 bridgehead atoms. The molecule has 0 saturated carbocycles. The van der Waals surface area contributed by atoms with Crippen LogP contribution in [0.2, 0.25) is 0 Å². The molecule has 0 saturated heterocycles. The van der Waals surface area contributed by atoms with Crippen molar-refractivity contribution in [3.63, 3.8) is 0 Å². The summed E-state index contributed by atoms with van der Waals surface area (Å²) >= 11 is 0. The van der Waals surface area contributed by atoms with Crippen LogP contribution in [0.15, 0.2) is 30.3 Å². The van der Waals surface area contributed by atoms with Crippen molar-refractivity contribution in [2.45, 2.75) is 0 Å². The van der Waals surface area contributed by atoms with Gasteiger partial charge >= 0.3 is 0 Å². The predicted octanol–water partition coefficient (Wildman–Crippen LogP) is 1.47. The topological polar surface area (TPSA) is 65.4 Å². The van der Waals surface area contributed by atoms with Crippen molar-refractivity contribution in [2.24, 2.45) is 7.05 Å². The Bertz CT molecular complexity index is 605. The van der Waals surface area contributed by atoms with Crippen molar-refractivity contribution in [3.05, 3.63) is 36.0 Å². The minimum atomic E-state index is -0.165. The quantitative estimate of drug-likeness (QED) is 0.818. The summed E-state index contributed by atoms with van der Waals surface area (Å²) in [4.78, 5) is 12.0. The molecule has 1 N–H and O–H groups in total. The van der Waals surface area contributed by atoms with Crippen molar-refractivity contribution < 1.29 is 14.3 Å². The summed E-state index contributed by atoms with van der Waals surface area (Å²) in [5.41, 5.74) is 2.19. The Morgan fingerprint density at radius 1 is 1.29 bits per heavy atom. The molecular weight excluding hydrogens is 270 g/mol. The minimum absolute atomic E-state index is 0.165. The molecule has 6 nitrogen and oxygen atoms in total. The summed E-state index contributed by atoms with van der Waals surface area (Å²) in [5.74, 6) is 0.619. The Morgan fingerprint density at radius 2 is 2.00 bits per heavy atom. The first kappa shape index (κ1) is 15.1. The molecule has 1 aromatic carbocycles. The lowest BCUT2D eigenvalue weighted by molar-refractivity contribution is 0.0927. The van der Waals surface area contributed by atoms with Crippen LogP contribution in [0.3, 0.4) is 0 Å². The zero-order chi connectivity index (χ0) is 15.2. The number of carbonyl (C=O) groups is 1. The highest BCUT2D eigenvalue weighted by Gasteiger charge is 2.13. The molecule has 0 radical (unpaired) electrons. The predicted molar refractivity (Wildman–Crippen MR) is 79.4 cm³/mol. The first-order chi connectivity index (χ1) is 10.2. The van der Waals surface area contributed by atoms with Gasteiger partial charge in [-0.1, -0.05) is 0 Å². The van der Waals surface area contributed by atoms with Gasteiger partial charge in [0.15, 0.2) is 0 Å². The maximum absolute atomic E-state index is 12.0. The van der Waals surface area contributed by atoms with Gasteiger partial charge in [-0.25, -0.2) is 0 Å². The summed E-state index contributed by atoms with van der Waals surface area (Å²) in [6.07, 6.45) is 0. The van der Waals surface area contributed by atoms with E-state index in [1.807, 2.05) is 24.3 Å². The van der Waals surface area contributed by atoms with Gasteiger partial charge in [0, 0.05) is 26.3 Å². The van der Waals surface area contributed by atoms with E-state index >= 15 is 0 Å². The van der Waals surface area contributed by atoms with Crippen LogP contribution in [0, 0.1) is 0 Å². The van der Waals surface area contributed by atoms with E-state index in [1.54, 1.807) is 32.0 Å². The molecule has 0 fully saturated rings. The van der Waals surface area contributed by atoms with Gasteiger partial charge in [-0.15, -0.1) is 0 Å². The van der Waals surface area contributed by atoms with Crippen LogP contribution < -0.4 is 10.1 Å². The summed E-state index contributed by atoms with van der Waals surface area (Å²) in [5, 5.41) is 7.15. The van der Waals surface area contributed by atoms with E-state index < -0.39 is 0 Å². The number of nitrogens with zero attached hydrogens (tertiary/aromatic N) is 2. The number of methoxy groups -OCH3 is 2. The number of amides is 1. The zero-order valence-corrected chi connectivity index (χ0v) is 12.4. The molecule has 0 unspecified atom stereocenters. The van der Waals surface area contributed by atoms with E-state index in [2.05, 4.69) is 10.4 Å². The number of aromatic nitrogens is 2. The van der Waals surface area contributed by atoms with Gasteiger partial charge in [0.05, 0.1) is 19.4 Å². The zero-order valence-electron chi connectivity index (χ0n) is 12.4. The van der Waals surface area contributed by atoms with Crippen molar-refractivity contribution in [1.82, 2.24) is 15.1 Å². The molecule has 1 heterocycles. The fourth-order valence-corrected chi connectivity index (χ4v) is 1.94. The smallest absolute Gasteiger partial charge is 0.269 e. The molecule has 0 spiro atoms. The lowest BCUT2D eigenvalue weighted by atomic mass is 10.1. The SMILES string of the molecule is COCCNC(=O)c1cc(-c2ccc(OC)cc2)nn1C. The fraction of sp³-hybridized carbons (Fsp3) is 0.333. The van der Waals surface area contributed by atoms with E-state index in [0.717, 1.165) is 17.0 Å². The lowest BCUT2D eigenvalue weighted by Gasteiger charge is -2.03. The van der Waals surface area contributed by atoms with Gasteiger partial charge in [0.1, 0.15) is 11.4 Å². The fourth-order valence-electron chi connectivity index (χ4n) is 1.94. The summed E-state index contributed by atoms with van der Waals surface area (Å²) < 4.78 is 11.6. The lowest BCUT2D eigenvalue weighted by Crippen LogP contribution is -2.28. The van der Waals surface area contributed by atoms with Crippen LogP contribution in [0.4, 0.5) is 0 Å². The van der Waals surface area contributed by atoms with Crippen LogP contribution in [-0.2, 0) is 11.8 Å². The molecule has 112 valence electrons. The Kier molecular flexibility index (Phi) is 4.94. The van der Waals surface area contributed by atoms with Crippen LogP contribution >= 0.6 is 0 Å². The van der Waals surface area contributed by atoms with E-state index in [0.29, 0.717) is 18.8 Å². The maximum atomic E-state index is 12.0. The summed E-state index contributed by atoms with van der Waals surface area (Å²) in [6.45, 7) is 0.952. The standard InChI is InChI=1S/C15H19N3O3/c1-18-14(15(19)16-8-9-20-2)10-13(17-18)11-4-6-12(21-3)7-5-11/h4-7,10H,8-9H2,1-3H3,(H,16,19). The van der Waals surface area contributed by atoms with E-state index in [1.165, 1.54) is 0 Å². The Labute approximate surface area is 123 Å². The third-order valence-corrected chi connectivity index (χ3v) is 3.09.